The minimum absolute atomic E-state index is 0.944. The van der Waals surface area contributed by atoms with E-state index in [9.17, 15) is 0 Å². The van der Waals surface area contributed by atoms with Gasteiger partial charge in [0.1, 0.15) is 11.5 Å². The third-order valence-corrected chi connectivity index (χ3v) is 4.22. The van der Waals surface area contributed by atoms with E-state index in [0.717, 1.165) is 11.5 Å². The molecule has 0 saturated heterocycles. The molecule has 0 radical (unpaired) electrons. The van der Waals surface area contributed by atoms with Crippen molar-refractivity contribution in [3.05, 3.63) is 72.8 Å². The van der Waals surface area contributed by atoms with Crippen molar-refractivity contribution >= 4 is 21.5 Å². The van der Waals surface area contributed by atoms with E-state index in [1.165, 1.54) is 32.7 Å². The van der Waals surface area contributed by atoms with Crippen LogP contribution in [-0.2, 0) is 0 Å². The molecule has 5 rings (SSSR count). The largest absolute Gasteiger partial charge is 0.456 e. The van der Waals surface area contributed by atoms with Gasteiger partial charge in [-0.1, -0.05) is 54.6 Å². The van der Waals surface area contributed by atoms with Crippen molar-refractivity contribution in [2.75, 3.05) is 0 Å². The first-order valence-corrected chi connectivity index (χ1v) is 7.13. The summed E-state index contributed by atoms with van der Waals surface area (Å²) in [5, 5.41) is 4.89. The maximum absolute atomic E-state index is 6.16. The summed E-state index contributed by atoms with van der Waals surface area (Å²) in [4.78, 5) is 0. The van der Waals surface area contributed by atoms with Gasteiger partial charge in [0.05, 0.1) is 0 Å². The highest BCUT2D eigenvalue weighted by atomic mass is 16.5. The molecule has 0 N–H and O–H groups in total. The number of hydrogen-bond donors (Lipinski definition) is 0. The van der Waals surface area contributed by atoms with Crippen LogP contribution in [0, 0.1) is 0 Å². The van der Waals surface area contributed by atoms with Crippen LogP contribution in [-0.4, -0.2) is 0 Å². The van der Waals surface area contributed by atoms with E-state index in [1.807, 2.05) is 12.1 Å². The highest BCUT2D eigenvalue weighted by molar-refractivity contribution is 6.06. The van der Waals surface area contributed by atoms with E-state index in [1.54, 1.807) is 0 Å². The van der Waals surface area contributed by atoms with Gasteiger partial charge in [0.25, 0.3) is 0 Å². The minimum Gasteiger partial charge on any atom is -0.456 e. The van der Waals surface area contributed by atoms with Crippen molar-refractivity contribution < 1.29 is 4.74 Å². The Balaban J connectivity index is 1.95. The summed E-state index contributed by atoms with van der Waals surface area (Å²) < 4.78 is 6.16. The van der Waals surface area contributed by atoms with Gasteiger partial charge in [0, 0.05) is 10.9 Å². The molecule has 0 atom stereocenters. The van der Waals surface area contributed by atoms with E-state index in [-0.39, 0.29) is 0 Å². The second kappa shape index (κ2) is 3.86. The third-order valence-electron chi connectivity index (χ3n) is 4.22. The molecule has 1 heteroatoms. The van der Waals surface area contributed by atoms with Crippen LogP contribution in [0.3, 0.4) is 0 Å². The molecule has 0 aliphatic carbocycles. The van der Waals surface area contributed by atoms with Crippen LogP contribution in [0.25, 0.3) is 32.7 Å². The van der Waals surface area contributed by atoms with Gasteiger partial charge in [-0.3, -0.25) is 0 Å². The zero-order valence-corrected chi connectivity index (χ0v) is 11.3. The Morgan fingerprint density at radius 3 is 2.10 bits per heavy atom. The predicted octanol–water partition coefficient (Wildman–Crippen LogP) is 5.77. The van der Waals surface area contributed by atoms with Gasteiger partial charge in [-0.05, 0) is 39.9 Å². The zero-order chi connectivity index (χ0) is 13.8. The van der Waals surface area contributed by atoms with Gasteiger partial charge < -0.3 is 4.74 Å². The second-order valence-electron chi connectivity index (χ2n) is 5.46. The lowest BCUT2D eigenvalue weighted by Gasteiger charge is -2.21. The van der Waals surface area contributed by atoms with E-state index >= 15 is 0 Å². The molecule has 1 heterocycles. The number of ether oxygens (including phenoxy) is 1. The summed E-state index contributed by atoms with van der Waals surface area (Å²) in [6, 6.07) is 25.4. The molecule has 0 spiro atoms. The van der Waals surface area contributed by atoms with Gasteiger partial charge in [-0.2, -0.15) is 0 Å². The number of benzene rings is 4. The zero-order valence-electron chi connectivity index (χ0n) is 11.3. The first-order chi connectivity index (χ1) is 10.4. The summed E-state index contributed by atoms with van der Waals surface area (Å²) in [7, 11) is 0. The van der Waals surface area contributed by atoms with Crippen LogP contribution in [0.5, 0.6) is 11.5 Å². The molecule has 98 valence electrons. The Hall–Kier alpha value is -2.80. The summed E-state index contributed by atoms with van der Waals surface area (Å²) >= 11 is 0. The molecule has 0 unspecified atom stereocenters. The SMILES string of the molecule is c1ccc2cc3c(cc2c1)Oc1cccc2cccc-3c12. The molecule has 1 aliphatic rings. The quantitative estimate of drug-likeness (QED) is 0.346. The highest BCUT2D eigenvalue weighted by Gasteiger charge is 2.19. The van der Waals surface area contributed by atoms with Crippen LogP contribution >= 0.6 is 0 Å². The number of rotatable bonds is 0. The van der Waals surface area contributed by atoms with Crippen molar-refractivity contribution in [2.24, 2.45) is 0 Å². The topological polar surface area (TPSA) is 9.23 Å². The van der Waals surface area contributed by atoms with Gasteiger partial charge in [-0.15, -0.1) is 0 Å². The Morgan fingerprint density at radius 2 is 1.24 bits per heavy atom. The molecule has 0 amide bonds. The number of fused-ring (bicyclic) bond motifs is 3. The average Bonchev–Trinajstić information content (AvgIpc) is 2.54. The molecular formula is C20H12O. The monoisotopic (exact) mass is 268 g/mol. The summed E-state index contributed by atoms with van der Waals surface area (Å²) in [6.07, 6.45) is 0. The van der Waals surface area contributed by atoms with Crippen LogP contribution < -0.4 is 4.74 Å². The smallest absolute Gasteiger partial charge is 0.135 e. The first-order valence-electron chi connectivity index (χ1n) is 7.13. The van der Waals surface area contributed by atoms with Crippen molar-refractivity contribution in [3.63, 3.8) is 0 Å². The van der Waals surface area contributed by atoms with Crippen molar-refractivity contribution in [2.45, 2.75) is 0 Å². The molecule has 1 aliphatic heterocycles. The molecule has 0 aromatic heterocycles. The van der Waals surface area contributed by atoms with Crippen LogP contribution in [0.1, 0.15) is 0 Å². The average molecular weight is 268 g/mol. The first kappa shape index (κ1) is 10.9. The van der Waals surface area contributed by atoms with Gasteiger partial charge in [0.2, 0.25) is 0 Å². The van der Waals surface area contributed by atoms with E-state index in [0.29, 0.717) is 0 Å². The van der Waals surface area contributed by atoms with Gasteiger partial charge in [0.15, 0.2) is 0 Å². The van der Waals surface area contributed by atoms with E-state index in [4.69, 9.17) is 4.74 Å². The molecule has 21 heavy (non-hydrogen) atoms. The highest BCUT2D eigenvalue weighted by Crippen LogP contribution is 2.47. The standard InChI is InChI=1S/C20H12O/c1-2-6-15-12-19-17(11-14(15)5-1)16-9-3-7-13-8-4-10-18(21-19)20(13)16/h1-12H. The maximum atomic E-state index is 6.16. The van der Waals surface area contributed by atoms with E-state index in [2.05, 4.69) is 60.7 Å². The number of hydrogen-bond acceptors (Lipinski definition) is 1. The Bertz CT molecular complexity index is 1010. The Kier molecular flexibility index (Phi) is 2.01. The summed E-state index contributed by atoms with van der Waals surface area (Å²) in [5.74, 6) is 1.89. The minimum atomic E-state index is 0.944. The predicted molar refractivity (Wildman–Crippen MR) is 87.0 cm³/mol. The van der Waals surface area contributed by atoms with Crippen LogP contribution in [0.15, 0.2) is 72.8 Å². The van der Waals surface area contributed by atoms with E-state index < -0.39 is 0 Å². The van der Waals surface area contributed by atoms with Crippen molar-refractivity contribution in [1.82, 2.24) is 0 Å². The van der Waals surface area contributed by atoms with Gasteiger partial charge in [-0.25, -0.2) is 0 Å². The molecule has 1 nitrogen and oxygen atoms in total. The molecular weight excluding hydrogens is 256 g/mol. The van der Waals surface area contributed by atoms with Crippen molar-refractivity contribution in [3.8, 4) is 22.6 Å². The lowest BCUT2D eigenvalue weighted by molar-refractivity contribution is 0.488. The summed E-state index contributed by atoms with van der Waals surface area (Å²) in [5.41, 5.74) is 2.44. The van der Waals surface area contributed by atoms with Crippen LogP contribution in [0.4, 0.5) is 0 Å². The van der Waals surface area contributed by atoms with Gasteiger partial charge >= 0.3 is 0 Å². The maximum Gasteiger partial charge on any atom is 0.135 e. The lowest BCUT2D eigenvalue weighted by atomic mass is 9.93. The fourth-order valence-electron chi connectivity index (χ4n) is 3.25. The fourth-order valence-corrected chi connectivity index (χ4v) is 3.25. The second-order valence-corrected chi connectivity index (χ2v) is 5.46. The molecule has 4 aromatic rings. The Labute approximate surface area is 122 Å². The molecule has 4 aromatic carbocycles. The molecule has 0 saturated carbocycles. The van der Waals surface area contributed by atoms with Crippen molar-refractivity contribution in [1.29, 1.82) is 0 Å². The third kappa shape index (κ3) is 1.46. The summed E-state index contributed by atoms with van der Waals surface area (Å²) in [6.45, 7) is 0. The molecule has 0 fully saturated rings. The lowest BCUT2D eigenvalue weighted by Crippen LogP contribution is -1.96. The Morgan fingerprint density at radius 1 is 0.524 bits per heavy atom. The normalized spacial score (nSPS) is 12.2. The fraction of sp³-hybridized carbons (Fsp3) is 0. The molecule has 0 bridgehead atoms. The van der Waals surface area contributed by atoms with Crippen LogP contribution in [0.2, 0.25) is 0 Å².